The first-order valence-corrected chi connectivity index (χ1v) is 18.9. The molecular formula is C41H34F3N7O9S. The molecule has 2 atom stereocenters. The Hall–Kier alpha value is -7.11. The molecule has 2 unspecified atom stereocenters. The molecule has 3 aliphatic heterocycles. The minimum absolute atomic E-state index is 0.0183. The van der Waals surface area contributed by atoms with Gasteiger partial charge in [0.1, 0.15) is 30.2 Å². The molecule has 7 rings (SSSR count). The van der Waals surface area contributed by atoms with E-state index in [0.29, 0.717) is 0 Å². The van der Waals surface area contributed by atoms with Crippen LogP contribution in [0.4, 0.5) is 24.5 Å². The molecule has 0 bridgehead atoms. The highest BCUT2D eigenvalue weighted by Crippen LogP contribution is 2.42. The highest BCUT2D eigenvalue weighted by Gasteiger charge is 2.51. The first-order valence-electron chi connectivity index (χ1n) is 18.5. The van der Waals surface area contributed by atoms with Crippen molar-refractivity contribution in [3.8, 4) is 34.6 Å². The molecule has 3 N–H and O–H groups in total. The van der Waals surface area contributed by atoms with Crippen molar-refractivity contribution in [3.05, 3.63) is 94.9 Å². The van der Waals surface area contributed by atoms with E-state index in [2.05, 4.69) is 15.6 Å². The van der Waals surface area contributed by atoms with Gasteiger partial charge in [-0.15, -0.1) is 0 Å². The summed E-state index contributed by atoms with van der Waals surface area (Å²) >= 11 is 5.63. The summed E-state index contributed by atoms with van der Waals surface area (Å²) < 4.78 is 62.5. The number of thiocarbonyl (C=S) groups is 1. The van der Waals surface area contributed by atoms with Crippen LogP contribution in [0.15, 0.2) is 60.8 Å². The van der Waals surface area contributed by atoms with Crippen molar-refractivity contribution in [2.45, 2.75) is 44.5 Å². The fraction of sp³-hybridized carbons (Fsp3) is 0.268. The minimum Gasteiger partial charge on any atom is -0.492 e. The number of aliphatic hydroxyl groups excluding tert-OH is 1. The lowest BCUT2D eigenvalue weighted by Gasteiger charge is -2.32. The van der Waals surface area contributed by atoms with Gasteiger partial charge in [0.15, 0.2) is 46.9 Å². The summed E-state index contributed by atoms with van der Waals surface area (Å²) in [6.07, 6.45) is -0.237. The van der Waals surface area contributed by atoms with Crippen molar-refractivity contribution in [2.75, 3.05) is 36.7 Å². The third kappa shape index (κ3) is 7.53. The summed E-state index contributed by atoms with van der Waals surface area (Å²) in [5.74, 6) is -6.70. The maximum Gasteiger partial charge on any atom is 0.266 e. The molecule has 0 saturated carbocycles. The van der Waals surface area contributed by atoms with E-state index >= 15 is 13.2 Å². The van der Waals surface area contributed by atoms with Crippen LogP contribution in [-0.4, -0.2) is 94.3 Å². The SMILES string of the molecule is COc1c(C#N)ccc(N2C(=S)N(c3cnc(-c4ccc(OCCNC(=O)COc5cccc6c5C(=O)N(C5CCC(=O)NC5=O)C6=O)c(F)c4)c(F)c3)C(C)(C)C2O)c1F. The van der Waals surface area contributed by atoms with Crippen LogP contribution in [0, 0.1) is 28.8 Å². The lowest BCUT2D eigenvalue weighted by atomic mass is 10.0. The lowest BCUT2D eigenvalue weighted by Crippen LogP contribution is -2.54. The number of benzene rings is 3. The fourth-order valence-electron chi connectivity index (χ4n) is 7.27. The van der Waals surface area contributed by atoms with Crippen molar-refractivity contribution in [1.82, 2.24) is 20.5 Å². The van der Waals surface area contributed by atoms with Crippen LogP contribution in [0.3, 0.4) is 0 Å². The van der Waals surface area contributed by atoms with E-state index in [1.54, 1.807) is 13.8 Å². The molecule has 1 aromatic heterocycles. The van der Waals surface area contributed by atoms with E-state index in [9.17, 15) is 34.3 Å². The molecule has 16 nitrogen and oxygen atoms in total. The maximum absolute atomic E-state index is 15.7. The Morgan fingerprint density at radius 2 is 1.80 bits per heavy atom. The van der Waals surface area contributed by atoms with Crippen molar-refractivity contribution in [2.24, 2.45) is 0 Å². The predicted molar refractivity (Wildman–Crippen MR) is 212 cm³/mol. The number of methoxy groups -OCH3 is 1. The Balaban J connectivity index is 0.947. The largest absolute Gasteiger partial charge is 0.492 e. The van der Waals surface area contributed by atoms with Gasteiger partial charge in [-0.3, -0.25) is 44.1 Å². The van der Waals surface area contributed by atoms with Gasteiger partial charge in [0.05, 0.1) is 53.5 Å². The number of carbonyl (C=O) groups is 5. The van der Waals surface area contributed by atoms with Gasteiger partial charge < -0.3 is 29.5 Å². The number of ether oxygens (including phenoxy) is 3. The van der Waals surface area contributed by atoms with Crippen LogP contribution < -0.4 is 34.6 Å². The number of piperidine rings is 1. The highest BCUT2D eigenvalue weighted by molar-refractivity contribution is 7.80. The van der Waals surface area contributed by atoms with Gasteiger partial charge in [-0.05, 0) is 75.0 Å². The van der Waals surface area contributed by atoms with Crippen molar-refractivity contribution in [3.63, 3.8) is 0 Å². The molecule has 2 fully saturated rings. The third-order valence-corrected chi connectivity index (χ3v) is 10.7. The molecule has 4 heterocycles. The zero-order chi connectivity index (χ0) is 43.9. The number of rotatable bonds is 12. The number of fused-ring (bicyclic) bond motifs is 1. The van der Waals surface area contributed by atoms with Crippen LogP contribution in [0.2, 0.25) is 0 Å². The summed E-state index contributed by atoms with van der Waals surface area (Å²) in [6.45, 7) is 2.35. The molecule has 3 aliphatic rings. The number of imide groups is 2. The quantitative estimate of drug-likeness (QED) is 0.106. The number of anilines is 2. The molecule has 5 amide bonds. The summed E-state index contributed by atoms with van der Waals surface area (Å²) in [5.41, 5.74) is -1.67. The summed E-state index contributed by atoms with van der Waals surface area (Å²) in [7, 11) is 1.20. The number of hydrogen-bond acceptors (Lipinski definition) is 12. The molecule has 2 saturated heterocycles. The van der Waals surface area contributed by atoms with Crippen molar-refractivity contribution >= 4 is 58.2 Å². The molecule has 4 aromatic rings. The van der Waals surface area contributed by atoms with Gasteiger partial charge >= 0.3 is 0 Å². The van der Waals surface area contributed by atoms with Gasteiger partial charge in [-0.1, -0.05) is 6.07 Å². The molecular weight excluding hydrogens is 824 g/mol. The summed E-state index contributed by atoms with van der Waals surface area (Å²) in [6, 6.07) is 12.2. The van der Waals surface area contributed by atoms with Crippen molar-refractivity contribution in [1.29, 1.82) is 5.26 Å². The van der Waals surface area contributed by atoms with Gasteiger partial charge in [0.25, 0.3) is 17.7 Å². The normalized spacial score (nSPS) is 18.2. The number of aromatic nitrogens is 1. The second kappa shape index (κ2) is 16.5. The number of nitriles is 1. The van der Waals surface area contributed by atoms with E-state index < -0.39 is 71.4 Å². The molecule has 3 aromatic carbocycles. The molecule has 61 heavy (non-hydrogen) atoms. The molecule has 0 radical (unpaired) electrons. The van der Waals surface area contributed by atoms with Crippen LogP contribution in [0.25, 0.3) is 11.3 Å². The average molecular weight is 858 g/mol. The average Bonchev–Trinajstić information content (AvgIpc) is 3.58. The van der Waals surface area contributed by atoms with E-state index in [-0.39, 0.29) is 87.7 Å². The number of nitrogens with one attached hydrogen (secondary N) is 2. The number of halogens is 3. The zero-order valence-corrected chi connectivity index (χ0v) is 33.3. The van der Waals surface area contributed by atoms with Crippen LogP contribution >= 0.6 is 12.2 Å². The topological polar surface area (TPSA) is 204 Å². The molecule has 0 spiro atoms. The number of hydrogen-bond donors (Lipinski definition) is 3. The Kier molecular flexibility index (Phi) is 11.4. The first-order chi connectivity index (χ1) is 29.1. The van der Waals surface area contributed by atoms with Crippen LogP contribution in [0.5, 0.6) is 17.2 Å². The van der Waals surface area contributed by atoms with E-state index in [1.165, 1.54) is 60.7 Å². The summed E-state index contributed by atoms with van der Waals surface area (Å²) in [4.78, 5) is 70.3. The van der Waals surface area contributed by atoms with E-state index in [1.807, 2.05) is 6.07 Å². The molecule has 0 aliphatic carbocycles. The fourth-order valence-corrected chi connectivity index (χ4v) is 7.80. The smallest absolute Gasteiger partial charge is 0.266 e. The van der Waals surface area contributed by atoms with Crippen molar-refractivity contribution < 1.29 is 56.5 Å². The zero-order valence-electron chi connectivity index (χ0n) is 32.5. The van der Waals surface area contributed by atoms with Gasteiger partial charge in [0.2, 0.25) is 11.8 Å². The van der Waals surface area contributed by atoms with E-state index in [0.717, 1.165) is 21.9 Å². The number of nitrogens with zero attached hydrogens (tertiary/aromatic N) is 5. The molecule has 314 valence electrons. The summed E-state index contributed by atoms with van der Waals surface area (Å²) in [5, 5.41) is 25.2. The third-order valence-electron chi connectivity index (χ3n) is 10.3. The Morgan fingerprint density at radius 3 is 2.49 bits per heavy atom. The number of pyridine rings is 1. The maximum atomic E-state index is 15.7. The van der Waals surface area contributed by atoms with Crippen LogP contribution in [-0.2, 0) is 14.4 Å². The van der Waals surface area contributed by atoms with E-state index in [4.69, 9.17) is 26.4 Å². The standard InChI is InChI=1S/C41H34F3N7O9S/c1-41(2)39(57)50(26-9-7-21(17-45)35(58-3)33(26)44)40(61)51(41)22-16-25(43)34(47-18-22)20-8-11-28(24(42)15-20)59-14-13-46-31(53)19-60-29-6-4-5-23-32(29)38(56)49(37(23)55)27-10-12-30(52)48-36(27)54/h4-9,11,15-16,18,27,39,57H,10,12-14,19H2,1-3H3,(H,46,53)(H,48,52,54). The first kappa shape index (κ1) is 42.0. The Bertz CT molecular complexity index is 2590. The second-order valence-electron chi connectivity index (χ2n) is 14.4. The predicted octanol–water partition coefficient (Wildman–Crippen LogP) is 3.73. The Morgan fingerprint density at radius 1 is 1.03 bits per heavy atom. The lowest BCUT2D eigenvalue weighted by molar-refractivity contribution is -0.136. The Labute approximate surface area is 350 Å². The van der Waals surface area contributed by atoms with Gasteiger partial charge in [-0.25, -0.2) is 13.2 Å². The number of amides is 5. The van der Waals surface area contributed by atoms with Gasteiger partial charge in [0, 0.05) is 18.1 Å². The molecule has 20 heteroatoms. The number of aliphatic hydroxyl groups is 1. The monoisotopic (exact) mass is 857 g/mol. The minimum atomic E-state index is -1.44. The second-order valence-corrected chi connectivity index (χ2v) is 14.8. The number of carbonyl (C=O) groups excluding carboxylic acids is 5. The van der Waals surface area contributed by atoms with Gasteiger partial charge in [-0.2, -0.15) is 5.26 Å². The highest BCUT2D eigenvalue weighted by atomic mass is 32.1. The van der Waals surface area contributed by atoms with Crippen LogP contribution in [0.1, 0.15) is 53.0 Å².